The van der Waals surface area contributed by atoms with Gasteiger partial charge in [0.1, 0.15) is 5.78 Å². The molecule has 0 radical (unpaired) electrons. The zero-order valence-electron chi connectivity index (χ0n) is 17.3. The molecule has 0 aromatic carbocycles. The highest BCUT2D eigenvalue weighted by atomic mass is 16.6. The maximum Gasteiger partial charge on any atom is 0.130 e. The number of epoxide rings is 1. The van der Waals surface area contributed by atoms with Gasteiger partial charge in [0.2, 0.25) is 0 Å². The van der Waals surface area contributed by atoms with Crippen molar-refractivity contribution in [1.29, 1.82) is 0 Å². The third-order valence-corrected chi connectivity index (χ3v) is 5.05. The van der Waals surface area contributed by atoms with Gasteiger partial charge in [-0.2, -0.15) is 0 Å². The second-order valence-electron chi connectivity index (χ2n) is 8.16. The Morgan fingerprint density at radius 2 is 1.48 bits per heavy atom. The van der Waals surface area contributed by atoms with Crippen molar-refractivity contribution in [3.63, 3.8) is 0 Å². The molecule has 142 valence electrons. The lowest BCUT2D eigenvalue weighted by Gasteiger charge is -2.05. The minimum Gasteiger partial charge on any atom is -0.366 e. The fourth-order valence-electron chi connectivity index (χ4n) is 3.15. The summed E-state index contributed by atoms with van der Waals surface area (Å²) in [4.78, 5) is 10.9. The first kappa shape index (κ1) is 21.9. The van der Waals surface area contributed by atoms with Crippen LogP contribution in [0.3, 0.4) is 0 Å². The molecule has 0 spiro atoms. The van der Waals surface area contributed by atoms with E-state index < -0.39 is 0 Å². The van der Waals surface area contributed by atoms with Crippen LogP contribution in [0, 0.1) is 0 Å². The Balaban J connectivity index is 2.20. The van der Waals surface area contributed by atoms with Crippen LogP contribution >= 0.6 is 0 Å². The molecule has 2 nitrogen and oxygen atoms in total. The van der Waals surface area contributed by atoms with E-state index in [2.05, 4.69) is 52.8 Å². The summed E-state index contributed by atoms with van der Waals surface area (Å²) in [6.07, 6.45) is 15.6. The number of rotatable bonds is 12. The topological polar surface area (TPSA) is 29.6 Å². The van der Waals surface area contributed by atoms with Gasteiger partial charge in [0.05, 0.1) is 11.7 Å². The SMILES string of the molecule is CC(=O)CCC=C(C)CC/C=C(\C)CCC1OC1(C)CCC=C(C)C. The molecule has 0 aliphatic carbocycles. The molecule has 0 aromatic heterocycles. The van der Waals surface area contributed by atoms with Crippen LogP contribution in [0.4, 0.5) is 0 Å². The van der Waals surface area contributed by atoms with Gasteiger partial charge in [0.25, 0.3) is 0 Å². The molecule has 2 unspecified atom stereocenters. The Morgan fingerprint density at radius 1 is 0.880 bits per heavy atom. The van der Waals surface area contributed by atoms with Crippen molar-refractivity contribution in [1.82, 2.24) is 0 Å². The average molecular weight is 347 g/mol. The predicted octanol–water partition coefficient (Wildman–Crippen LogP) is 6.71. The Bertz CT molecular complexity index is 520. The Labute approximate surface area is 155 Å². The van der Waals surface area contributed by atoms with Crippen LogP contribution in [0.15, 0.2) is 34.9 Å². The maximum atomic E-state index is 10.9. The van der Waals surface area contributed by atoms with Crippen LogP contribution in [0.2, 0.25) is 0 Å². The van der Waals surface area contributed by atoms with Crippen LogP contribution in [-0.4, -0.2) is 17.5 Å². The lowest BCUT2D eigenvalue weighted by Crippen LogP contribution is -2.09. The minimum absolute atomic E-state index is 0.113. The number of allylic oxidation sites excluding steroid dienone is 6. The van der Waals surface area contributed by atoms with E-state index >= 15 is 0 Å². The van der Waals surface area contributed by atoms with E-state index in [1.165, 1.54) is 16.7 Å². The van der Waals surface area contributed by atoms with Gasteiger partial charge in [-0.25, -0.2) is 0 Å². The maximum absolute atomic E-state index is 10.9. The zero-order chi connectivity index (χ0) is 18.9. The number of carbonyl (C=O) groups is 1. The molecule has 0 N–H and O–H groups in total. The number of carbonyl (C=O) groups excluding carboxylic acids is 1. The summed E-state index contributed by atoms with van der Waals surface area (Å²) in [7, 11) is 0. The highest BCUT2D eigenvalue weighted by Crippen LogP contribution is 2.43. The van der Waals surface area contributed by atoms with Gasteiger partial charge in [-0.05, 0) is 86.5 Å². The van der Waals surface area contributed by atoms with E-state index in [9.17, 15) is 4.79 Å². The average Bonchev–Trinajstić information content (AvgIpc) is 3.14. The van der Waals surface area contributed by atoms with E-state index in [1.54, 1.807) is 6.92 Å². The van der Waals surface area contributed by atoms with Crippen LogP contribution in [-0.2, 0) is 9.53 Å². The monoisotopic (exact) mass is 346 g/mol. The van der Waals surface area contributed by atoms with E-state index in [1.807, 2.05) is 0 Å². The van der Waals surface area contributed by atoms with Gasteiger partial charge >= 0.3 is 0 Å². The summed E-state index contributed by atoms with van der Waals surface area (Å²) in [6.45, 7) is 12.6. The van der Waals surface area contributed by atoms with Gasteiger partial charge in [-0.1, -0.05) is 34.9 Å². The third-order valence-electron chi connectivity index (χ3n) is 5.05. The molecule has 1 rings (SSSR count). The minimum atomic E-state index is 0.113. The second kappa shape index (κ2) is 10.8. The summed E-state index contributed by atoms with van der Waals surface area (Å²) in [6, 6.07) is 0. The molecule has 0 aromatic rings. The number of hydrogen-bond donors (Lipinski definition) is 0. The molecule has 1 aliphatic heterocycles. The highest BCUT2D eigenvalue weighted by molar-refractivity contribution is 5.75. The van der Waals surface area contributed by atoms with E-state index in [-0.39, 0.29) is 11.4 Å². The molecule has 1 saturated heterocycles. The number of ketones is 1. The van der Waals surface area contributed by atoms with Gasteiger partial charge in [-0.15, -0.1) is 0 Å². The van der Waals surface area contributed by atoms with E-state index in [0.717, 1.165) is 44.9 Å². The first-order valence-corrected chi connectivity index (χ1v) is 9.85. The smallest absolute Gasteiger partial charge is 0.130 e. The third kappa shape index (κ3) is 9.79. The van der Waals surface area contributed by atoms with Crippen molar-refractivity contribution in [2.24, 2.45) is 0 Å². The molecule has 1 fully saturated rings. The zero-order valence-corrected chi connectivity index (χ0v) is 17.3. The van der Waals surface area contributed by atoms with Gasteiger partial charge in [0.15, 0.2) is 0 Å². The summed E-state index contributed by atoms with van der Waals surface area (Å²) >= 11 is 0. The lowest BCUT2D eigenvalue weighted by molar-refractivity contribution is -0.116. The molecule has 1 heterocycles. The normalized spacial score (nSPS) is 23.5. The van der Waals surface area contributed by atoms with E-state index in [0.29, 0.717) is 12.5 Å². The molecular weight excluding hydrogens is 308 g/mol. The fourth-order valence-corrected chi connectivity index (χ4v) is 3.15. The van der Waals surface area contributed by atoms with Gasteiger partial charge in [0, 0.05) is 6.42 Å². The van der Waals surface area contributed by atoms with E-state index in [4.69, 9.17) is 4.74 Å². The Kier molecular flexibility index (Phi) is 9.42. The standard InChI is InChI=1S/C23H38O2/c1-18(2)10-9-17-23(6)22(25-23)16-15-20(4)12-7-11-19(3)13-8-14-21(5)24/h10,12-13,22H,7-9,11,14-17H2,1-6H3/b19-13?,20-12+. The summed E-state index contributed by atoms with van der Waals surface area (Å²) < 4.78 is 5.95. The lowest BCUT2D eigenvalue weighted by atomic mass is 9.96. The van der Waals surface area contributed by atoms with Gasteiger partial charge < -0.3 is 9.53 Å². The molecule has 1 aliphatic rings. The Morgan fingerprint density at radius 3 is 2.08 bits per heavy atom. The number of hydrogen-bond acceptors (Lipinski definition) is 2. The second-order valence-corrected chi connectivity index (χ2v) is 8.16. The molecule has 25 heavy (non-hydrogen) atoms. The fraction of sp³-hybridized carbons (Fsp3) is 0.696. The molecule has 2 heteroatoms. The predicted molar refractivity (Wildman–Crippen MR) is 108 cm³/mol. The molecule has 0 saturated carbocycles. The van der Waals surface area contributed by atoms with Crippen LogP contribution in [0.1, 0.15) is 92.9 Å². The van der Waals surface area contributed by atoms with Crippen molar-refractivity contribution in [3.8, 4) is 0 Å². The quantitative estimate of drug-likeness (QED) is 0.290. The summed E-state index contributed by atoms with van der Waals surface area (Å²) in [5.74, 6) is 0.273. The van der Waals surface area contributed by atoms with Crippen molar-refractivity contribution in [2.75, 3.05) is 0 Å². The van der Waals surface area contributed by atoms with Crippen LogP contribution < -0.4 is 0 Å². The van der Waals surface area contributed by atoms with Crippen molar-refractivity contribution in [3.05, 3.63) is 34.9 Å². The van der Waals surface area contributed by atoms with Crippen molar-refractivity contribution in [2.45, 2.75) is 105 Å². The molecule has 0 bridgehead atoms. The molecule has 0 amide bonds. The largest absolute Gasteiger partial charge is 0.366 e. The molecular formula is C23H38O2. The van der Waals surface area contributed by atoms with Crippen LogP contribution in [0.25, 0.3) is 0 Å². The number of ether oxygens (including phenoxy) is 1. The summed E-state index contributed by atoms with van der Waals surface area (Å²) in [5.41, 5.74) is 4.37. The van der Waals surface area contributed by atoms with Gasteiger partial charge in [-0.3, -0.25) is 0 Å². The van der Waals surface area contributed by atoms with Crippen LogP contribution in [0.5, 0.6) is 0 Å². The summed E-state index contributed by atoms with van der Waals surface area (Å²) in [5, 5.41) is 0. The highest BCUT2D eigenvalue weighted by Gasteiger charge is 2.50. The van der Waals surface area contributed by atoms with Crippen molar-refractivity contribution >= 4 is 5.78 Å². The first-order chi connectivity index (χ1) is 11.7. The first-order valence-electron chi connectivity index (χ1n) is 9.85. The molecule has 2 atom stereocenters. The number of Topliss-reactive ketones (excluding diaryl/α,β-unsaturated/α-hetero) is 1. The Hall–Kier alpha value is -1.15. The van der Waals surface area contributed by atoms with Crippen molar-refractivity contribution < 1.29 is 9.53 Å².